The zero-order valence-electron chi connectivity index (χ0n) is 6.51. The molecule has 0 heterocycles. The molecule has 1 rings (SSSR count). The molecule has 14 heavy (non-hydrogen) atoms. The Morgan fingerprint density at radius 3 is 2.36 bits per heavy atom. The molecule has 0 saturated heterocycles. The molecule has 0 radical (unpaired) electrons. The van der Waals surface area contributed by atoms with Crippen molar-refractivity contribution in [1.29, 1.82) is 0 Å². The monoisotopic (exact) mass is 317 g/mol. The van der Waals surface area contributed by atoms with E-state index in [0.29, 0.717) is 9.64 Å². The number of rotatable bonds is 1. The van der Waals surface area contributed by atoms with Crippen molar-refractivity contribution in [2.45, 2.75) is 6.18 Å². The second-order valence-electron chi connectivity index (χ2n) is 2.42. The van der Waals surface area contributed by atoms with Crippen LogP contribution in [0.4, 0.5) is 18.9 Å². The lowest BCUT2D eigenvalue weighted by Gasteiger charge is -2.06. The fourth-order valence-corrected chi connectivity index (χ4v) is 1.37. The van der Waals surface area contributed by atoms with Gasteiger partial charge in [0.25, 0.3) is 5.69 Å². The Balaban J connectivity index is 3.37. The van der Waals surface area contributed by atoms with Crippen molar-refractivity contribution < 1.29 is 18.1 Å². The maximum Gasteiger partial charge on any atom is 0.422 e. The molecular weight excluding hydrogens is 314 g/mol. The Morgan fingerprint density at radius 2 is 1.93 bits per heavy atom. The van der Waals surface area contributed by atoms with Crippen molar-refractivity contribution in [2.75, 3.05) is 0 Å². The minimum Gasteiger partial charge on any atom is -0.258 e. The largest absolute Gasteiger partial charge is 0.422 e. The Hall–Kier alpha value is -0.860. The smallest absolute Gasteiger partial charge is 0.258 e. The molecule has 1 aromatic rings. The number of nitro benzene ring substituents is 1. The number of hydrogen-bond acceptors (Lipinski definition) is 2. The maximum absolute atomic E-state index is 12.2. The topological polar surface area (TPSA) is 43.1 Å². The van der Waals surface area contributed by atoms with E-state index in [4.69, 9.17) is 0 Å². The zero-order valence-corrected chi connectivity index (χ0v) is 8.67. The first-order valence-electron chi connectivity index (χ1n) is 3.33. The van der Waals surface area contributed by atoms with E-state index >= 15 is 0 Å². The highest BCUT2D eigenvalue weighted by Crippen LogP contribution is 2.36. The van der Waals surface area contributed by atoms with Gasteiger partial charge < -0.3 is 0 Å². The Morgan fingerprint density at radius 1 is 1.36 bits per heavy atom. The Bertz CT molecular complexity index is 378. The highest BCUT2D eigenvalue weighted by atomic mass is 127. The number of alkyl halides is 3. The van der Waals surface area contributed by atoms with Crippen LogP contribution in [0.15, 0.2) is 18.2 Å². The van der Waals surface area contributed by atoms with E-state index in [1.54, 1.807) is 22.6 Å². The van der Waals surface area contributed by atoms with Crippen LogP contribution in [0.5, 0.6) is 0 Å². The van der Waals surface area contributed by atoms with Gasteiger partial charge in [0.05, 0.1) is 4.92 Å². The first-order chi connectivity index (χ1) is 6.32. The fourth-order valence-electron chi connectivity index (χ4n) is 0.896. The van der Waals surface area contributed by atoms with Gasteiger partial charge >= 0.3 is 6.18 Å². The van der Waals surface area contributed by atoms with Gasteiger partial charge in [-0.1, -0.05) is 0 Å². The summed E-state index contributed by atoms with van der Waals surface area (Å²) in [5.41, 5.74) is -2.13. The van der Waals surface area contributed by atoms with Crippen LogP contribution in [0, 0.1) is 13.7 Å². The van der Waals surface area contributed by atoms with Crippen molar-refractivity contribution in [2.24, 2.45) is 0 Å². The molecule has 0 amide bonds. The van der Waals surface area contributed by atoms with Crippen LogP contribution in [0.1, 0.15) is 5.56 Å². The lowest BCUT2D eigenvalue weighted by atomic mass is 10.2. The first kappa shape index (κ1) is 11.2. The fraction of sp³-hybridized carbons (Fsp3) is 0.143. The Labute approximate surface area is 90.2 Å². The van der Waals surface area contributed by atoms with E-state index in [-0.39, 0.29) is 0 Å². The van der Waals surface area contributed by atoms with Crippen molar-refractivity contribution in [1.82, 2.24) is 0 Å². The summed E-state index contributed by atoms with van der Waals surface area (Å²) in [5, 5.41) is 10.3. The van der Waals surface area contributed by atoms with E-state index in [2.05, 4.69) is 0 Å². The zero-order chi connectivity index (χ0) is 10.9. The molecule has 3 nitrogen and oxygen atoms in total. The van der Waals surface area contributed by atoms with Crippen LogP contribution in [0.2, 0.25) is 0 Å². The van der Waals surface area contributed by atoms with Crippen LogP contribution in [0.25, 0.3) is 0 Å². The summed E-state index contributed by atoms with van der Waals surface area (Å²) >= 11 is 1.71. The normalized spacial score (nSPS) is 11.4. The molecule has 0 spiro atoms. The molecule has 76 valence electrons. The van der Waals surface area contributed by atoms with Gasteiger partial charge in [-0.3, -0.25) is 10.1 Å². The lowest BCUT2D eigenvalue weighted by Crippen LogP contribution is -2.08. The molecule has 1 aromatic carbocycles. The molecule has 0 fully saturated rings. The molecule has 7 heteroatoms. The molecule has 0 bridgehead atoms. The minimum atomic E-state index is -4.69. The van der Waals surface area contributed by atoms with Gasteiger partial charge in [-0.05, 0) is 34.7 Å². The number of nitrogens with zero attached hydrogens (tertiary/aromatic N) is 1. The van der Waals surface area contributed by atoms with Crippen LogP contribution in [-0.2, 0) is 6.18 Å². The Kier molecular flexibility index (Phi) is 2.98. The molecule has 0 unspecified atom stereocenters. The second-order valence-corrected chi connectivity index (χ2v) is 3.66. The van der Waals surface area contributed by atoms with Gasteiger partial charge in [0, 0.05) is 9.64 Å². The molecule has 0 aromatic heterocycles. The SMILES string of the molecule is O=[N+]([O-])c1cc(I)ccc1C(F)(F)F. The van der Waals surface area contributed by atoms with Crippen molar-refractivity contribution in [3.8, 4) is 0 Å². The summed E-state index contributed by atoms with van der Waals surface area (Å²) < 4.78 is 37.1. The summed E-state index contributed by atoms with van der Waals surface area (Å²) in [5.74, 6) is 0. The quantitative estimate of drug-likeness (QED) is 0.453. The summed E-state index contributed by atoms with van der Waals surface area (Å²) in [6.07, 6.45) is -4.69. The molecule has 0 aliphatic heterocycles. The number of hydrogen-bond donors (Lipinski definition) is 0. The van der Waals surface area contributed by atoms with Crippen LogP contribution in [-0.4, -0.2) is 4.92 Å². The average Bonchev–Trinajstić information content (AvgIpc) is 2.01. The molecule has 0 aliphatic carbocycles. The average molecular weight is 317 g/mol. The third-order valence-electron chi connectivity index (χ3n) is 1.46. The first-order valence-corrected chi connectivity index (χ1v) is 4.41. The van der Waals surface area contributed by atoms with E-state index in [1.807, 2.05) is 0 Å². The maximum atomic E-state index is 12.2. The third kappa shape index (κ3) is 2.34. The van der Waals surface area contributed by atoms with E-state index < -0.39 is 22.4 Å². The molecule has 0 aliphatic rings. The highest BCUT2D eigenvalue weighted by molar-refractivity contribution is 14.1. The van der Waals surface area contributed by atoms with Gasteiger partial charge in [-0.2, -0.15) is 13.2 Å². The second kappa shape index (κ2) is 3.71. The van der Waals surface area contributed by atoms with Crippen molar-refractivity contribution >= 4 is 28.3 Å². The number of nitro groups is 1. The van der Waals surface area contributed by atoms with Gasteiger partial charge in [-0.25, -0.2) is 0 Å². The number of benzene rings is 1. The standard InChI is InChI=1S/C7H3F3INO2/c8-7(9,10)5-2-1-4(11)3-6(5)12(13)14/h1-3H. The van der Waals surface area contributed by atoms with Crippen LogP contribution in [0.3, 0.4) is 0 Å². The van der Waals surface area contributed by atoms with E-state index in [9.17, 15) is 23.3 Å². The van der Waals surface area contributed by atoms with Crippen molar-refractivity contribution in [3.05, 3.63) is 37.4 Å². The molecular formula is C7H3F3INO2. The lowest BCUT2D eigenvalue weighted by molar-refractivity contribution is -0.388. The number of halogens is 4. The van der Waals surface area contributed by atoms with E-state index in [1.165, 1.54) is 6.07 Å². The summed E-state index contributed by atoms with van der Waals surface area (Å²) in [4.78, 5) is 9.29. The summed E-state index contributed by atoms with van der Waals surface area (Å²) in [6.45, 7) is 0. The van der Waals surface area contributed by atoms with Gasteiger partial charge in [0.15, 0.2) is 0 Å². The summed E-state index contributed by atoms with van der Waals surface area (Å²) in [6, 6.07) is 2.78. The third-order valence-corrected chi connectivity index (χ3v) is 2.13. The highest BCUT2D eigenvalue weighted by Gasteiger charge is 2.37. The van der Waals surface area contributed by atoms with Crippen LogP contribution < -0.4 is 0 Å². The molecule has 0 N–H and O–H groups in total. The van der Waals surface area contributed by atoms with E-state index in [0.717, 1.165) is 6.07 Å². The molecule has 0 atom stereocenters. The minimum absolute atomic E-state index is 0.391. The predicted octanol–water partition coefficient (Wildman–Crippen LogP) is 3.22. The van der Waals surface area contributed by atoms with Gasteiger partial charge in [-0.15, -0.1) is 0 Å². The van der Waals surface area contributed by atoms with Gasteiger partial charge in [0.1, 0.15) is 5.56 Å². The van der Waals surface area contributed by atoms with Crippen LogP contribution >= 0.6 is 22.6 Å². The summed E-state index contributed by atoms with van der Waals surface area (Å²) in [7, 11) is 0. The van der Waals surface area contributed by atoms with Gasteiger partial charge in [0.2, 0.25) is 0 Å². The predicted molar refractivity (Wildman–Crippen MR) is 50.8 cm³/mol. The molecule has 0 saturated carbocycles. The van der Waals surface area contributed by atoms with Crippen molar-refractivity contribution in [3.63, 3.8) is 0 Å².